The van der Waals surface area contributed by atoms with E-state index in [0.29, 0.717) is 28.5 Å². The minimum absolute atomic E-state index is 0.0433. The first kappa shape index (κ1) is 20.8. The van der Waals surface area contributed by atoms with Crippen molar-refractivity contribution in [2.45, 2.75) is 50.4 Å². The molecule has 2 unspecified atom stereocenters. The summed E-state index contributed by atoms with van der Waals surface area (Å²) in [5, 5.41) is 0.492. The van der Waals surface area contributed by atoms with Crippen LogP contribution < -0.4 is 9.46 Å². The topological polar surface area (TPSA) is 71.5 Å². The van der Waals surface area contributed by atoms with E-state index in [2.05, 4.69) is 26.7 Å². The SMILES string of the molecule is CS(=O)(=O)NC1CC2CC[C@@H](C1)N2Cc1ccc(Oc2nc3cc(F)ccc3s2)cc1. The van der Waals surface area contributed by atoms with Gasteiger partial charge in [0.2, 0.25) is 10.0 Å². The number of sulfonamides is 1. The van der Waals surface area contributed by atoms with Gasteiger partial charge in [0.15, 0.2) is 0 Å². The Labute approximate surface area is 185 Å². The third kappa shape index (κ3) is 4.74. The number of rotatable bonds is 6. The second-order valence-corrected chi connectivity index (χ2v) is 11.2. The van der Waals surface area contributed by atoms with Crippen LogP contribution in [0.1, 0.15) is 31.2 Å². The maximum atomic E-state index is 13.4. The van der Waals surface area contributed by atoms with E-state index in [1.807, 2.05) is 12.1 Å². The minimum Gasteiger partial charge on any atom is -0.431 e. The molecule has 2 aromatic carbocycles. The van der Waals surface area contributed by atoms with Crippen LogP contribution in [0, 0.1) is 5.82 Å². The summed E-state index contributed by atoms with van der Waals surface area (Å²) in [6, 6.07) is 13.4. The first-order valence-corrected chi connectivity index (χ1v) is 13.1. The summed E-state index contributed by atoms with van der Waals surface area (Å²) in [6.07, 6.45) is 5.20. The van der Waals surface area contributed by atoms with E-state index in [-0.39, 0.29) is 11.9 Å². The average Bonchev–Trinajstić information content (AvgIpc) is 3.18. The van der Waals surface area contributed by atoms with Crippen molar-refractivity contribution in [3.8, 4) is 10.9 Å². The van der Waals surface area contributed by atoms with E-state index in [0.717, 1.165) is 36.9 Å². The maximum absolute atomic E-state index is 13.4. The Bertz CT molecular complexity index is 1180. The molecule has 3 aromatic rings. The number of fused-ring (bicyclic) bond motifs is 3. The van der Waals surface area contributed by atoms with Gasteiger partial charge in [-0.25, -0.2) is 22.5 Å². The fourth-order valence-electron chi connectivity index (χ4n) is 4.83. The number of aromatic nitrogens is 1. The van der Waals surface area contributed by atoms with Crippen LogP contribution >= 0.6 is 11.3 Å². The molecule has 3 atom stereocenters. The zero-order valence-corrected chi connectivity index (χ0v) is 18.8. The highest BCUT2D eigenvalue weighted by Gasteiger charge is 2.41. The van der Waals surface area contributed by atoms with Crippen molar-refractivity contribution >= 4 is 31.6 Å². The smallest absolute Gasteiger partial charge is 0.279 e. The highest BCUT2D eigenvalue weighted by molar-refractivity contribution is 7.88. The first-order chi connectivity index (χ1) is 14.8. The molecule has 0 amide bonds. The highest BCUT2D eigenvalue weighted by Crippen LogP contribution is 2.37. The summed E-state index contributed by atoms with van der Waals surface area (Å²) in [5.41, 5.74) is 1.80. The van der Waals surface area contributed by atoms with Gasteiger partial charge in [-0.05, 0) is 55.5 Å². The number of halogens is 1. The lowest BCUT2D eigenvalue weighted by Crippen LogP contribution is -2.49. The quantitative estimate of drug-likeness (QED) is 0.594. The minimum atomic E-state index is -3.17. The highest BCUT2D eigenvalue weighted by atomic mass is 32.2. The fraction of sp³-hybridized carbons (Fsp3) is 0.409. The van der Waals surface area contributed by atoms with Gasteiger partial charge in [-0.3, -0.25) is 4.90 Å². The van der Waals surface area contributed by atoms with E-state index < -0.39 is 10.0 Å². The molecule has 9 heteroatoms. The summed E-state index contributed by atoms with van der Waals surface area (Å²) in [5.74, 6) is 0.390. The molecule has 2 aliphatic heterocycles. The molecule has 2 fully saturated rings. The molecule has 2 saturated heterocycles. The van der Waals surface area contributed by atoms with Crippen LogP contribution in [0.3, 0.4) is 0 Å². The van der Waals surface area contributed by atoms with Gasteiger partial charge in [0.1, 0.15) is 11.6 Å². The van der Waals surface area contributed by atoms with Gasteiger partial charge in [0.25, 0.3) is 5.19 Å². The molecule has 3 heterocycles. The first-order valence-electron chi connectivity index (χ1n) is 10.4. The Morgan fingerprint density at radius 3 is 2.55 bits per heavy atom. The Kier molecular flexibility index (Phi) is 5.45. The maximum Gasteiger partial charge on any atom is 0.279 e. The predicted molar refractivity (Wildman–Crippen MR) is 119 cm³/mol. The monoisotopic (exact) mass is 461 g/mol. The van der Waals surface area contributed by atoms with E-state index in [1.54, 1.807) is 6.07 Å². The van der Waals surface area contributed by atoms with Crippen LogP contribution in [-0.4, -0.2) is 42.7 Å². The van der Waals surface area contributed by atoms with Gasteiger partial charge >= 0.3 is 0 Å². The summed E-state index contributed by atoms with van der Waals surface area (Å²) in [4.78, 5) is 6.86. The van der Waals surface area contributed by atoms with E-state index in [1.165, 1.54) is 35.3 Å². The number of ether oxygens (including phenoxy) is 1. The van der Waals surface area contributed by atoms with Crippen molar-refractivity contribution in [2.75, 3.05) is 6.26 Å². The van der Waals surface area contributed by atoms with Crippen molar-refractivity contribution in [1.82, 2.24) is 14.6 Å². The molecule has 1 N–H and O–H groups in total. The van der Waals surface area contributed by atoms with Crippen molar-refractivity contribution in [3.63, 3.8) is 0 Å². The largest absolute Gasteiger partial charge is 0.431 e. The van der Waals surface area contributed by atoms with E-state index >= 15 is 0 Å². The molecular formula is C22H24FN3O3S2. The van der Waals surface area contributed by atoms with Crippen molar-refractivity contribution in [1.29, 1.82) is 0 Å². The van der Waals surface area contributed by atoms with Gasteiger partial charge in [0.05, 0.1) is 16.5 Å². The molecule has 0 radical (unpaired) electrons. The van der Waals surface area contributed by atoms with Gasteiger partial charge < -0.3 is 4.74 Å². The predicted octanol–water partition coefficient (Wildman–Crippen LogP) is 4.27. The van der Waals surface area contributed by atoms with Crippen molar-refractivity contribution in [3.05, 3.63) is 53.8 Å². The lowest BCUT2D eigenvalue weighted by Gasteiger charge is -2.39. The lowest BCUT2D eigenvalue weighted by atomic mass is 9.97. The molecule has 5 rings (SSSR count). The molecule has 2 bridgehead atoms. The number of piperidine rings is 1. The van der Waals surface area contributed by atoms with Crippen LogP contribution in [0.2, 0.25) is 0 Å². The number of hydrogen-bond acceptors (Lipinski definition) is 6. The van der Waals surface area contributed by atoms with Crippen molar-refractivity contribution < 1.29 is 17.5 Å². The van der Waals surface area contributed by atoms with E-state index in [9.17, 15) is 12.8 Å². The molecule has 31 heavy (non-hydrogen) atoms. The Morgan fingerprint density at radius 1 is 1.16 bits per heavy atom. The molecule has 2 aliphatic rings. The summed E-state index contributed by atoms with van der Waals surface area (Å²) in [7, 11) is -3.17. The second kappa shape index (κ2) is 8.12. The Morgan fingerprint density at radius 2 is 1.87 bits per heavy atom. The van der Waals surface area contributed by atoms with Crippen LogP contribution in [-0.2, 0) is 16.6 Å². The van der Waals surface area contributed by atoms with Crippen LogP contribution in [0.4, 0.5) is 4.39 Å². The second-order valence-electron chi connectivity index (χ2n) is 8.45. The molecule has 0 saturated carbocycles. The molecule has 0 spiro atoms. The molecule has 6 nitrogen and oxygen atoms in total. The van der Waals surface area contributed by atoms with Gasteiger partial charge in [-0.15, -0.1) is 0 Å². The number of hydrogen-bond donors (Lipinski definition) is 1. The Hall–Kier alpha value is -2.07. The number of nitrogens with one attached hydrogen (secondary N) is 1. The summed E-state index contributed by atoms with van der Waals surface area (Å²) in [6.45, 7) is 0.849. The molecule has 1 aromatic heterocycles. The van der Waals surface area contributed by atoms with Crippen LogP contribution in [0.25, 0.3) is 10.2 Å². The van der Waals surface area contributed by atoms with Crippen LogP contribution in [0.15, 0.2) is 42.5 Å². The van der Waals surface area contributed by atoms with Crippen LogP contribution in [0.5, 0.6) is 10.9 Å². The number of nitrogens with zero attached hydrogens (tertiary/aromatic N) is 2. The number of benzene rings is 2. The molecule has 164 valence electrons. The normalized spacial score (nSPS) is 24.0. The summed E-state index contributed by atoms with van der Waals surface area (Å²) < 4.78 is 46.1. The zero-order valence-electron chi connectivity index (χ0n) is 17.1. The third-order valence-electron chi connectivity index (χ3n) is 6.09. The standard InChI is InChI=1S/C22H24FN3O3S2/c1-31(27,28)25-16-11-17-5-6-18(12-16)26(17)13-14-2-7-19(8-3-14)29-22-24-20-10-15(23)4-9-21(20)30-22/h2-4,7-10,16-18,25H,5-6,11-13H2,1H3/t16?,17-,18?/m0/s1. The fourth-order valence-corrected chi connectivity index (χ4v) is 6.44. The van der Waals surface area contributed by atoms with Gasteiger partial charge in [0, 0.05) is 30.7 Å². The third-order valence-corrected chi connectivity index (χ3v) is 7.76. The van der Waals surface area contributed by atoms with Gasteiger partial charge in [-0.1, -0.05) is 23.5 Å². The average molecular weight is 462 g/mol. The molecule has 0 aliphatic carbocycles. The Balaban J connectivity index is 1.22. The molecular weight excluding hydrogens is 437 g/mol. The number of thiazole rings is 1. The zero-order chi connectivity index (χ0) is 21.6. The lowest BCUT2D eigenvalue weighted by molar-refractivity contribution is 0.116. The van der Waals surface area contributed by atoms with Crippen molar-refractivity contribution in [2.24, 2.45) is 0 Å². The summed E-state index contributed by atoms with van der Waals surface area (Å²) >= 11 is 1.39. The van der Waals surface area contributed by atoms with Gasteiger partial charge in [-0.2, -0.15) is 0 Å². The van der Waals surface area contributed by atoms with E-state index in [4.69, 9.17) is 4.74 Å².